The standard InChI is InChI=1S/C16H11Cl2N5OS/c1-8(15(24)21-11-3-2-9(6-19)12(18)5-11)25-16-22-13-4-10(17)7-20-14(13)23-16/h2-5,7-8H,1H3,(H,21,24)(H,20,22,23)/t8-/m1/s1. The number of anilines is 1. The minimum atomic E-state index is -0.412. The van der Waals surface area contributed by atoms with Crippen molar-refractivity contribution < 1.29 is 4.79 Å². The molecule has 0 saturated heterocycles. The second-order valence-corrected chi connectivity index (χ2v) is 7.30. The zero-order valence-corrected chi connectivity index (χ0v) is 15.2. The number of H-pyrrole nitrogens is 1. The Morgan fingerprint density at radius 2 is 2.20 bits per heavy atom. The molecule has 1 aromatic carbocycles. The number of halogens is 2. The average molecular weight is 392 g/mol. The lowest BCUT2D eigenvalue weighted by Gasteiger charge is -2.11. The number of benzene rings is 1. The number of pyridine rings is 1. The Bertz CT molecular complexity index is 998. The number of aromatic amines is 1. The summed E-state index contributed by atoms with van der Waals surface area (Å²) in [5, 5.41) is 12.6. The first kappa shape index (κ1) is 17.5. The predicted octanol–water partition coefficient (Wildman–Crippen LogP) is 4.26. The van der Waals surface area contributed by atoms with Crippen molar-refractivity contribution >= 4 is 57.7 Å². The molecule has 6 nitrogen and oxygen atoms in total. The normalized spacial score (nSPS) is 11.9. The zero-order valence-electron chi connectivity index (χ0n) is 12.9. The van der Waals surface area contributed by atoms with Gasteiger partial charge in [0, 0.05) is 11.9 Å². The van der Waals surface area contributed by atoms with Crippen LogP contribution in [0, 0.1) is 11.3 Å². The fraction of sp³-hybridized carbons (Fsp3) is 0.125. The van der Waals surface area contributed by atoms with Crippen molar-refractivity contribution in [3.63, 3.8) is 0 Å². The number of rotatable bonds is 4. The molecule has 25 heavy (non-hydrogen) atoms. The summed E-state index contributed by atoms with van der Waals surface area (Å²) in [5.41, 5.74) is 2.13. The van der Waals surface area contributed by atoms with Gasteiger partial charge in [-0.3, -0.25) is 4.79 Å². The molecule has 0 aliphatic rings. The molecule has 2 N–H and O–H groups in total. The zero-order chi connectivity index (χ0) is 18.0. The van der Waals surface area contributed by atoms with Gasteiger partial charge < -0.3 is 10.3 Å². The van der Waals surface area contributed by atoms with Gasteiger partial charge in [0.15, 0.2) is 10.8 Å². The third-order valence-electron chi connectivity index (χ3n) is 3.30. The van der Waals surface area contributed by atoms with E-state index in [4.69, 9.17) is 28.5 Å². The number of aromatic nitrogens is 3. The van der Waals surface area contributed by atoms with Gasteiger partial charge in [-0.15, -0.1) is 0 Å². The molecule has 2 aromatic heterocycles. The molecular formula is C16H11Cl2N5OS. The molecule has 3 aromatic rings. The molecular weight excluding hydrogens is 381 g/mol. The summed E-state index contributed by atoms with van der Waals surface area (Å²) in [7, 11) is 0. The highest BCUT2D eigenvalue weighted by Crippen LogP contribution is 2.25. The number of nitrogens with one attached hydrogen (secondary N) is 2. The van der Waals surface area contributed by atoms with E-state index in [1.807, 2.05) is 6.07 Å². The van der Waals surface area contributed by atoms with Gasteiger partial charge in [-0.2, -0.15) is 5.26 Å². The van der Waals surface area contributed by atoms with Gasteiger partial charge in [0.2, 0.25) is 5.91 Å². The number of nitrogens with zero attached hydrogens (tertiary/aromatic N) is 3. The van der Waals surface area contributed by atoms with E-state index in [9.17, 15) is 4.79 Å². The summed E-state index contributed by atoms with van der Waals surface area (Å²) >= 11 is 13.1. The van der Waals surface area contributed by atoms with Crippen molar-refractivity contribution in [2.24, 2.45) is 0 Å². The Balaban J connectivity index is 1.69. The van der Waals surface area contributed by atoms with Crippen molar-refractivity contribution in [2.45, 2.75) is 17.3 Å². The van der Waals surface area contributed by atoms with E-state index in [2.05, 4.69) is 20.3 Å². The number of carbonyl (C=O) groups excluding carboxylic acids is 1. The first-order chi connectivity index (χ1) is 12.0. The van der Waals surface area contributed by atoms with Crippen LogP contribution in [-0.2, 0) is 4.79 Å². The summed E-state index contributed by atoms with van der Waals surface area (Å²) in [6.07, 6.45) is 1.52. The van der Waals surface area contributed by atoms with Crippen LogP contribution in [-0.4, -0.2) is 26.1 Å². The first-order valence-electron chi connectivity index (χ1n) is 7.14. The highest BCUT2D eigenvalue weighted by Gasteiger charge is 2.17. The maximum atomic E-state index is 12.3. The maximum absolute atomic E-state index is 12.3. The van der Waals surface area contributed by atoms with Gasteiger partial charge in [0.1, 0.15) is 6.07 Å². The van der Waals surface area contributed by atoms with Crippen LogP contribution in [0.1, 0.15) is 12.5 Å². The highest BCUT2D eigenvalue weighted by atomic mass is 35.5. The Morgan fingerprint density at radius 3 is 2.92 bits per heavy atom. The molecule has 1 atom stereocenters. The molecule has 0 saturated carbocycles. The van der Waals surface area contributed by atoms with Crippen LogP contribution in [0.25, 0.3) is 11.2 Å². The summed E-state index contributed by atoms with van der Waals surface area (Å²) in [4.78, 5) is 23.9. The first-order valence-corrected chi connectivity index (χ1v) is 8.78. The quantitative estimate of drug-likeness (QED) is 0.647. The molecule has 0 fully saturated rings. The molecule has 9 heteroatoms. The Hall–Kier alpha value is -2.27. The van der Waals surface area contributed by atoms with E-state index in [0.29, 0.717) is 37.6 Å². The van der Waals surface area contributed by atoms with Gasteiger partial charge in [-0.05, 0) is 31.2 Å². The van der Waals surface area contributed by atoms with E-state index in [1.165, 1.54) is 18.0 Å². The van der Waals surface area contributed by atoms with Crippen LogP contribution in [0.2, 0.25) is 10.0 Å². The Morgan fingerprint density at radius 1 is 1.40 bits per heavy atom. The summed E-state index contributed by atoms with van der Waals surface area (Å²) in [6.45, 7) is 1.76. The van der Waals surface area contributed by atoms with Crippen LogP contribution in [0.5, 0.6) is 0 Å². The number of hydrogen-bond acceptors (Lipinski definition) is 5. The number of amides is 1. The third-order valence-corrected chi connectivity index (χ3v) is 4.80. The fourth-order valence-electron chi connectivity index (χ4n) is 2.06. The Kier molecular flexibility index (Phi) is 5.13. The lowest BCUT2D eigenvalue weighted by atomic mass is 10.2. The van der Waals surface area contributed by atoms with E-state index < -0.39 is 5.25 Å². The number of nitriles is 1. The minimum absolute atomic E-state index is 0.211. The van der Waals surface area contributed by atoms with Gasteiger partial charge in [0.05, 0.1) is 26.4 Å². The molecule has 2 heterocycles. The van der Waals surface area contributed by atoms with Gasteiger partial charge in [-0.25, -0.2) is 9.97 Å². The fourth-order valence-corrected chi connectivity index (χ4v) is 3.25. The Labute approximate surface area is 157 Å². The summed E-state index contributed by atoms with van der Waals surface area (Å²) in [5.74, 6) is -0.211. The van der Waals surface area contributed by atoms with Gasteiger partial charge >= 0.3 is 0 Å². The van der Waals surface area contributed by atoms with Crippen LogP contribution >= 0.6 is 35.0 Å². The van der Waals surface area contributed by atoms with E-state index in [0.717, 1.165) is 0 Å². The molecule has 1 amide bonds. The smallest absolute Gasteiger partial charge is 0.237 e. The number of hydrogen-bond donors (Lipinski definition) is 2. The summed E-state index contributed by atoms with van der Waals surface area (Å²) < 4.78 is 0. The monoisotopic (exact) mass is 391 g/mol. The largest absolute Gasteiger partial charge is 0.331 e. The molecule has 0 spiro atoms. The SMILES string of the molecule is C[C@@H](Sc1nc2ncc(Cl)cc2[nH]1)C(=O)Nc1ccc(C#N)c(Cl)c1. The van der Waals surface area contributed by atoms with Gasteiger partial charge in [0.25, 0.3) is 0 Å². The second kappa shape index (κ2) is 7.31. The van der Waals surface area contributed by atoms with Crippen molar-refractivity contribution in [3.05, 3.63) is 46.1 Å². The van der Waals surface area contributed by atoms with Crippen molar-refractivity contribution in [1.29, 1.82) is 5.26 Å². The van der Waals surface area contributed by atoms with E-state index in [-0.39, 0.29) is 5.91 Å². The molecule has 0 aliphatic heterocycles. The average Bonchev–Trinajstić information content (AvgIpc) is 2.96. The maximum Gasteiger partial charge on any atom is 0.237 e. The van der Waals surface area contributed by atoms with Crippen LogP contribution in [0.4, 0.5) is 5.69 Å². The van der Waals surface area contributed by atoms with E-state index in [1.54, 1.807) is 31.2 Å². The second-order valence-electron chi connectivity index (χ2n) is 5.12. The lowest BCUT2D eigenvalue weighted by molar-refractivity contribution is -0.115. The molecule has 0 radical (unpaired) electrons. The lowest BCUT2D eigenvalue weighted by Crippen LogP contribution is -2.22. The van der Waals surface area contributed by atoms with Crippen LogP contribution in [0.3, 0.4) is 0 Å². The number of thioether (sulfide) groups is 1. The number of carbonyl (C=O) groups is 1. The molecule has 0 bridgehead atoms. The third kappa shape index (κ3) is 4.04. The van der Waals surface area contributed by atoms with Crippen LogP contribution in [0.15, 0.2) is 35.6 Å². The molecule has 0 unspecified atom stereocenters. The van der Waals surface area contributed by atoms with Crippen LogP contribution < -0.4 is 5.32 Å². The number of imidazole rings is 1. The van der Waals surface area contributed by atoms with Crippen molar-refractivity contribution in [1.82, 2.24) is 15.0 Å². The number of fused-ring (bicyclic) bond motifs is 1. The molecule has 0 aliphatic carbocycles. The van der Waals surface area contributed by atoms with Crippen molar-refractivity contribution in [3.8, 4) is 6.07 Å². The predicted molar refractivity (Wildman–Crippen MR) is 99.0 cm³/mol. The van der Waals surface area contributed by atoms with Gasteiger partial charge in [-0.1, -0.05) is 35.0 Å². The molecule has 3 rings (SSSR count). The molecule has 126 valence electrons. The van der Waals surface area contributed by atoms with E-state index >= 15 is 0 Å². The topological polar surface area (TPSA) is 94.5 Å². The van der Waals surface area contributed by atoms with Crippen molar-refractivity contribution in [2.75, 3.05) is 5.32 Å². The highest BCUT2D eigenvalue weighted by molar-refractivity contribution is 8.00. The summed E-state index contributed by atoms with van der Waals surface area (Å²) in [6, 6.07) is 8.43. The minimum Gasteiger partial charge on any atom is -0.331 e.